The fraction of sp³-hybridized carbons (Fsp3) is 0.455. The van der Waals surface area contributed by atoms with Crippen molar-refractivity contribution >= 4 is 0 Å². The molecule has 0 heterocycles. The number of hydrogen-bond acceptors (Lipinski definition) is 2. The third kappa shape index (κ3) is 1.38. The Labute approximate surface area is 90.7 Å². The van der Waals surface area contributed by atoms with Crippen LogP contribution in [0.5, 0.6) is 5.75 Å². The van der Waals surface area contributed by atoms with Crippen molar-refractivity contribution in [3.05, 3.63) is 29.3 Å². The van der Waals surface area contributed by atoms with E-state index in [2.05, 4.69) is 0 Å². The van der Waals surface area contributed by atoms with Crippen molar-refractivity contribution in [1.82, 2.24) is 0 Å². The largest absolute Gasteiger partial charge is 0.496 e. The molecule has 0 fully saturated rings. The predicted molar refractivity (Wildman–Crippen MR) is 51.3 cm³/mol. The molecule has 5 heteroatoms. The van der Waals surface area contributed by atoms with Gasteiger partial charge in [0.15, 0.2) is 5.60 Å². The van der Waals surface area contributed by atoms with Crippen LogP contribution < -0.4 is 4.74 Å². The third-order valence-corrected chi connectivity index (χ3v) is 3.00. The van der Waals surface area contributed by atoms with Gasteiger partial charge in [0, 0.05) is 5.56 Å². The lowest BCUT2D eigenvalue weighted by Gasteiger charge is -2.26. The molecule has 2 nitrogen and oxygen atoms in total. The predicted octanol–water partition coefficient (Wildman–Crippen LogP) is 2.39. The first-order valence-electron chi connectivity index (χ1n) is 4.85. The van der Waals surface area contributed by atoms with Crippen molar-refractivity contribution < 1.29 is 23.0 Å². The fourth-order valence-corrected chi connectivity index (χ4v) is 2.14. The van der Waals surface area contributed by atoms with Crippen LogP contribution in [-0.2, 0) is 12.0 Å². The fourth-order valence-electron chi connectivity index (χ4n) is 2.14. The second-order valence-corrected chi connectivity index (χ2v) is 3.84. The van der Waals surface area contributed by atoms with Gasteiger partial charge < -0.3 is 9.84 Å². The zero-order chi connectivity index (χ0) is 12.0. The number of rotatable bonds is 1. The molecule has 0 saturated carbocycles. The van der Waals surface area contributed by atoms with Crippen LogP contribution in [0.25, 0.3) is 0 Å². The van der Waals surface area contributed by atoms with Gasteiger partial charge in [-0.15, -0.1) is 0 Å². The maximum Gasteiger partial charge on any atom is 0.421 e. The van der Waals surface area contributed by atoms with E-state index in [9.17, 15) is 18.3 Å². The second kappa shape index (κ2) is 3.38. The number of halogens is 3. The first-order valence-corrected chi connectivity index (χ1v) is 4.85. The van der Waals surface area contributed by atoms with E-state index in [0.717, 1.165) is 0 Å². The second-order valence-electron chi connectivity index (χ2n) is 3.84. The van der Waals surface area contributed by atoms with Gasteiger partial charge in [-0.1, -0.05) is 12.1 Å². The van der Waals surface area contributed by atoms with Crippen LogP contribution in [-0.4, -0.2) is 18.4 Å². The van der Waals surface area contributed by atoms with Crippen LogP contribution in [0.2, 0.25) is 0 Å². The Bertz CT molecular complexity index is 414. The van der Waals surface area contributed by atoms with E-state index < -0.39 is 11.8 Å². The first-order chi connectivity index (χ1) is 7.40. The van der Waals surface area contributed by atoms with E-state index in [1.54, 1.807) is 6.07 Å². The molecule has 0 aliphatic heterocycles. The average Bonchev–Trinajstić information content (AvgIpc) is 2.57. The normalized spacial score (nSPS) is 24.3. The summed E-state index contributed by atoms with van der Waals surface area (Å²) in [7, 11) is 1.40. The van der Waals surface area contributed by atoms with Gasteiger partial charge in [-0.3, -0.25) is 0 Å². The number of hydrogen-bond donors (Lipinski definition) is 1. The SMILES string of the molecule is COc1cccc2c1CCC2(O)C(F)(F)F. The van der Waals surface area contributed by atoms with Gasteiger partial charge in [-0.25, -0.2) is 0 Å². The highest BCUT2D eigenvalue weighted by molar-refractivity contribution is 5.47. The molecule has 0 amide bonds. The minimum Gasteiger partial charge on any atom is -0.496 e. The number of ether oxygens (including phenoxy) is 1. The van der Waals surface area contributed by atoms with Gasteiger partial charge in [0.25, 0.3) is 0 Å². The van der Waals surface area contributed by atoms with Crippen LogP contribution in [0.3, 0.4) is 0 Å². The van der Waals surface area contributed by atoms with E-state index in [0.29, 0.717) is 11.3 Å². The molecule has 1 N–H and O–H groups in total. The van der Waals surface area contributed by atoms with E-state index in [-0.39, 0.29) is 18.4 Å². The Morgan fingerprint density at radius 2 is 2.06 bits per heavy atom. The summed E-state index contributed by atoms with van der Waals surface area (Å²) < 4.78 is 43.3. The van der Waals surface area contributed by atoms with Crippen molar-refractivity contribution in [2.24, 2.45) is 0 Å². The van der Waals surface area contributed by atoms with Crippen LogP contribution in [0.1, 0.15) is 17.5 Å². The van der Waals surface area contributed by atoms with Crippen LogP contribution in [0.4, 0.5) is 13.2 Å². The van der Waals surface area contributed by atoms with E-state index in [1.807, 2.05) is 0 Å². The monoisotopic (exact) mass is 232 g/mol. The smallest absolute Gasteiger partial charge is 0.421 e. The van der Waals surface area contributed by atoms with Crippen molar-refractivity contribution in [2.45, 2.75) is 24.6 Å². The number of aliphatic hydroxyl groups is 1. The zero-order valence-electron chi connectivity index (χ0n) is 8.64. The van der Waals surface area contributed by atoms with Crippen molar-refractivity contribution in [1.29, 1.82) is 0 Å². The quantitative estimate of drug-likeness (QED) is 0.805. The van der Waals surface area contributed by atoms with E-state index in [1.165, 1.54) is 19.2 Å². The van der Waals surface area contributed by atoms with Gasteiger partial charge in [0.1, 0.15) is 5.75 Å². The highest BCUT2D eigenvalue weighted by atomic mass is 19.4. The number of fused-ring (bicyclic) bond motifs is 1. The molecule has 1 unspecified atom stereocenters. The first kappa shape index (κ1) is 11.3. The standard InChI is InChI=1S/C11H11F3O2/c1-16-9-4-2-3-8-7(9)5-6-10(8,15)11(12,13)14/h2-4,15H,5-6H2,1H3. The molecule has 1 aromatic rings. The molecule has 0 aromatic heterocycles. The maximum atomic E-state index is 12.8. The lowest BCUT2D eigenvalue weighted by molar-refractivity contribution is -0.265. The molecular formula is C11H11F3O2. The summed E-state index contributed by atoms with van der Waals surface area (Å²) in [4.78, 5) is 0. The maximum absolute atomic E-state index is 12.8. The summed E-state index contributed by atoms with van der Waals surface area (Å²) >= 11 is 0. The van der Waals surface area contributed by atoms with Crippen LogP contribution in [0, 0.1) is 0 Å². The summed E-state index contributed by atoms with van der Waals surface area (Å²) in [6.07, 6.45) is -4.81. The van der Waals surface area contributed by atoms with E-state index in [4.69, 9.17) is 4.74 Å². The van der Waals surface area contributed by atoms with Crippen molar-refractivity contribution in [3.63, 3.8) is 0 Å². The summed E-state index contributed by atoms with van der Waals surface area (Å²) in [5.41, 5.74) is -2.36. The Balaban J connectivity index is 2.56. The van der Waals surface area contributed by atoms with Gasteiger partial charge >= 0.3 is 6.18 Å². The average molecular weight is 232 g/mol. The number of alkyl halides is 3. The number of methoxy groups -OCH3 is 1. The Hall–Kier alpha value is -1.23. The summed E-state index contributed by atoms with van der Waals surface area (Å²) in [5.74, 6) is 0.401. The van der Waals surface area contributed by atoms with Gasteiger partial charge in [0.2, 0.25) is 0 Å². The van der Waals surface area contributed by atoms with Crippen molar-refractivity contribution in [3.8, 4) is 5.75 Å². The summed E-state index contributed by atoms with van der Waals surface area (Å²) in [6.45, 7) is 0. The topological polar surface area (TPSA) is 29.5 Å². The molecule has 16 heavy (non-hydrogen) atoms. The lowest BCUT2D eigenvalue weighted by atomic mass is 9.95. The molecule has 1 aromatic carbocycles. The molecule has 1 aliphatic rings. The molecule has 0 spiro atoms. The Morgan fingerprint density at radius 1 is 1.38 bits per heavy atom. The molecule has 0 radical (unpaired) electrons. The minimum atomic E-state index is -4.65. The van der Waals surface area contributed by atoms with Crippen molar-refractivity contribution in [2.75, 3.05) is 7.11 Å². The summed E-state index contributed by atoms with van der Waals surface area (Å²) in [6, 6.07) is 4.36. The van der Waals surface area contributed by atoms with E-state index >= 15 is 0 Å². The summed E-state index contributed by atoms with van der Waals surface area (Å²) in [5, 5.41) is 9.72. The molecule has 0 bridgehead atoms. The molecule has 2 rings (SSSR count). The Morgan fingerprint density at radius 3 is 2.62 bits per heavy atom. The molecule has 0 saturated heterocycles. The Kier molecular flexibility index (Phi) is 2.38. The van der Waals surface area contributed by atoms with Crippen LogP contribution in [0.15, 0.2) is 18.2 Å². The van der Waals surface area contributed by atoms with Gasteiger partial charge in [-0.2, -0.15) is 13.2 Å². The molecule has 1 atom stereocenters. The molecular weight excluding hydrogens is 221 g/mol. The lowest BCUT2D eigenvalue weighted by Crippen LogP contribution is -2.40. The minimum absolute atomic E-state index is 0.0839. The zero-order valence-corrected chi connectivity index (χ0v) is 8.64. The van der Waals surface area contributed by atoms with Gasteiger partial charge in [-0.05, 0) is 24.5 Å². The molecule has 88 valence electrons. The molecule has 1 aliphatic carbocycles. The highest BCUT2D eigenvalue weighted by Gasteiger charge is 2.58. The van der Waals surface area contributed by atoms with Gasteiger partial charge in [0.05, 0.1) is 7.11 Å². The third-order valence-electron chi connectivity index (χ3n) is 3.00. The highest BCUT2D eigenvalue weighted by Crippen LogP contribution is 2.49. The van der Waals surface area contributed by atoms with Crippen LogP contribution >= 0.6 is 0 Å². The number of benzene rings is 1.